The van der Waals surface area contributed by atoms with E-state index in [0.29, 0.717) is 10.8 Å². The molecule has 1 fully saturated rings. The second-order valence-electron chi connectivity index (χ2n) is 7.80. The van der Waals surface area contributed by atoms with Crippen LogP contribution in [0, 0.1) is 13.8 Å². The van der Waals surface area contributed by atoms with Crippen molar-refractivity contribution in [2.75, 3.05) is 32.8 Å². The molecule has 9 heteroatoms. The average molecular weight is 441 g/mol. The van der Waals surface area contributed by atoms with E-state index in [2.05, 4.69) is 28.4 Å². The quantitative estimate of drug-likeness (QED) is 0.458. The summed E-state index contributed by atoms with van der Waals surface area (Å²) in [5.41, 5.74) is 4.16. The van der Waals surface area contributed by atoms with Crippen molar-refractivity contribution in [1.29, 1.82) is 0 Å². The predicted molar refractivity (Wildman–Crippen MR) is 119 cm³/mol. The molecule has 1 aliphatic rings. The van der Waals surface area contributed by atoms with Crippen LogP contribution in [0.3, 0.4) is 0 Å². The van der Waals surface area contributed by atoms with Crippen LogP contribution in [0.5, 0.6) is 5.75 Å². The lowest BCUT2D eigenvalue weighted by atomic mass is 10.2. The largest absolute Gasteiger partial charge is 0.486 e. The lowest BCUT2D eigenvalue weighted by Gasteiger charge is -2.26. The lowest BCUT2D eigenvalue weighted by molar-refractivity contribution is 0.0364. The Hall–Kier alpha value is -2.68. The Morgan fingerprint density at radius 2 is 1.84 bits per heavy atom. The second-order valence-corrected chi connectivity index (χ2v) is 8.23. The Morgan fingerprint density at radius 3 is 2.61 bits per heavy atom. The number of morpholine rings is 1. The number of aryl methyl sites for hydroxylation is 1. The second kappa shape index (κ2) is 8.45. The number of benzene rings is 1. The number of ether oxygens (including phenoxy) is 2. The molecule has 4 heterocycles. The van der Waals surface area contributed by atoms with Crippen LogP contribution >= 0.6 is 11.6 Å². The molecule has 0 saturated carbocycles. The Labute approximate surface area is 185 Å². The molecule has 0 spiro atoms. The third-order valence-electron chi connectivity index (χ3n) is 5.92. The van der Waals surface area contributed by atoms with Gasteiger partial charge < -0.3 is 14.0 Å². The van der Waals surface area contributed by atoms with Crippen molar-refractivity contribution in [1.82, 2.24) is 29.0 Å². The van der Waals surface area contributed by atoms with Crippen molar-refractivity contribution >= 4 is 28.3 Å². The number of hydrogen-bond acceptors (Lipinski definition) is 6. The van der Waals surface area contributed by atoms with Gasteiger partial charge in [-0.05, 0) is 43.7 Å². The Balaban J connectivity index is 1.41. The molecule has 1 saturated heterocycles. The SMILES string of the molecule is Cc1c(C)n(CCN2CCOCC2)c2ncn3nc(COc4ccc(Cl)cc4)nc3c12. The minimum Gasteiger partial charge on any atom is -0.486 e. The van der Waals surface area contributed by atoms with Gasteiger partial charge >= 0.3 is 0 Å². The van der Waals surface area contributed by atoms with Crippen LogP contribution in [0.15, 0.2) is 30.6 Å². The van der Waals surface area contributed by atoms with E-state index in [-0.39, 0.29) is 6.61 Å². The fourth-order valence-electron chi connectivity index (χ4n) is 4.05. The van der Waals surface area contributed by atoms with E-state index in [1.54, 1.807) is 23.0 Å². The van der Waals surface area contributed by atoms with Gasteiger partial charge in [-0.3, -0.25) is 4.90 Å². The van der Waals surface area contributed by atoms with E-state index in [0.717, 1.165) is 61.8 Å². The first-order valence-electron chi connectivity index (χ1n) is 10.5. The maximum Gasteiger partial charge on any atom is 0.189 e. The third-order valence-corrected chi connectivity index (χ3v) is 6.17. The fraction of sp³-hybridized carbons (Fsp3) is 0.409. The van der Waals surface area contributed by atoms with Gasteiger partial charge in [-0.25, -0.2) is 14.5 Å². The first kappa shape index (κ1) is 20.2. The molecule has 162 valence electrons. The number of nitrogens with zero attached hydrogens (tertiary/aromatic N) is 6. The van der Waals surface area contributed by atoms with Crippen LogP contribution in [0.1, 0.15) is 17.1 Å². The van der Waals surface area contributed by atoms with Crippen molar-refractivity contribution in [2.24, 2.45) is 0 Å². The average Bonchev–Trinajstić information content (AvgIpc) is 3.31. The van der Waals surface area contributed by atoms with Crippen molar-refractivity contribution in [3.05, 3.63) is 52.7 Å². The molecule has 0 amide bonds. The van der Waals surface area contributed by atoms with Crippen molar-refractivity contribution in [3.63, 3.8) is 0 Å². The molecule has 3 aromatic heterocycles. The summed E-state index contributed by atoms with van der Waals surface area (Å²) in [6, 6.07) is 7.26. The van der Waals surface area contributed by atoms with Gasteiger partial charge in [-0.2, -0.15) is 0 Å². The van der Waals surface area contributed by atoms with E-state index in [4.69, 9.17) is 31.0 Å². The summed E-state index contributed by atoms with van der Waals surface area (Å²) in [7, 11) is 0. The molecule has 0 aliphatic carbocycles. The van der Waals surface area contributed by atoms with Gasteiger partial charge in [-0.1, -0.05) is 11.6 Å². The summed E-state index contributed by atoms with van der Waals surface area (Å²) in [5.74, 6) is 1.34. The Morgan fingerprint density at radius 1 is 1.06 bits per heavy atom. The van der Waals surface area contributed by atoms with Gasteiger partial charge in [0.25, 0.3) is 0 Å². The fourth-order valence-corrected chi connectivity index (χ4v) is 4.18. The topological polar surface area (TPSA) is 69.7 Å². The molecule has 0 N–H and O–H groups in total. The first-order valence-corrected chi connectivity index (χ1v) is 10.9. The molecule has 0 radical (unpaired) electrons. The third kappa shape index (κ3) is 3.98. The van der Waals surface area contributed by atoms with E-state index >= 15 is 0 Å². The molecule has 5 rings (SSSR count). The summed E-state index contributed by atoms with van der Waals surface area (Å²) in [5, 5.41) is 6.28. The van der Waals surface area contributed by atoms with Gasteiger partial charge in [-0.15, -0.1) is 5.10 Å². The number of aromatic nitrogens is 5. The molecule has 1 aliphatic heterocycles. The summed E-state index contributed by atoms with van der Waals surface area (Å²) in [6.45, 7) is 10.0. The first-order chi connectivity index (χ1) is 15.1. The van der Waals surface area contributed by atoms with Crippen molar-refractivity contribution < 1.29 is 9.47 Å². The molecule has 0 bridgehead atoms. The Bertz CT molecular complexity index is 1210. The highest BCUT2D eigenvalue weighted by Crippen LogP contribution is 2.27. The zero-order valence-electron chi connectivity index (χ0n) is 17.7. The molecular formula is C22H25ClN6O2. The zero-order valence-corrected chi connectivity index (χ0v) is 18.5. The smallest absolute Gasteiger partial charge is 0.189 e. The van der Waals surface area contributed by atoms with Gasteiger partial charge in [0.2, 0.25) is 0 Å². The molecule has 0 atom stereocenters. The standard InChI is InChI=1S/C22H25ClN6O2/c1-15-16(2)28(8-7-27-9-11-30-12-10-27)21-20(15)22-25-19(26-29(22)14-24-21)13-31-18-5-3-17(23)4-6-18/h3-6,14H,7-13H2,1-2H3. The summed E-state index contributed by atoms with van der Waals surface area (Å²) in [4.78, 5) is 11.9. The van der Waals surface area contributed by atoms with Gasteiger partial charge in [0.05, 0.1) is 18.6 Å². The molecule has 31 heavy (non-hydrogen) atoms. The Kier molecular flexibility index (Phi) is 5.52. The number of fused-ring (bicyclic) bond motifs is 3. The molecule has 1 aromatic carbocycles. The van der Waals surface area contributed by atoms with Crippen LogP contribution in [0.25, 0.3) is 16.7 Å². The number of halogens is 1. The van der Waals surface area contributed by atoms with E-state index in [1.165, 1.54) is 11.3 Å². The van der Waals surface area contributed by atoms with Crippen LogP contribution in [-0.2, 0) is 17.9 Å². The summed E-state index contributed by atoms with van der Waals surface area (Å²) < 4.78 is 15.3. The van der Waals surface area contributed by atoms with Crippen molar-refractivity contribution in [2.45, 2.75) is 27.0 Å². The maximum absolute atomic E-state index is 5.93. The van der Waals surface area contributed by atoms with Crippen LogP contribution in [0.2, 0.25) is 5.02 Å². The molecule has 4 aromatic rings. The summed E-state index contributed by atoms with van der Waals surface area (Å²) >= 11 is 5.93. The van der Waals surface area contributed by atoms with Crippen molar-refractivity contribution in [3.8, 4) is 5.75 Å². The molecule has 8 nitrogen and oxygen atoms in total. The molecule has 0 unspecified atom stereocenters. The highest BCUT2D eigenvalue weighted by atomic mass is 35.5. The predicted octanol–water partition coefficient (Wildman–Crippen LogP) is 3.26. The normalized spacial score (nSPS) is 15.2. The number of rotatable bonds is 6. The number of hydrogen-bond donors (Lipinski definition) is 0. The highest BCUT2D eigenvalue weighted by molar-refractivity contribution is 6.30. The van der Waals surface area contributed by atoms with Gasteiger partial charge in [0.1, 0.15) is 24.3 Å². The minimum atomic E-state index is 0.278. The van der Waals surface area contributed by atoms with E-state index in [9.17, 15) is 0 Å². The monoisotopic (exact) mass is 440 g/mol. The lowest BCUT2D eigenvalue weighted by Crippen LogP contribution is -2.38. The molecular weight excluding hydrogens is 416 g/mol. The summed E-state index contributed by atoms with van der Waals surface area (Å²) in [6.07, 6.45) is 1.74. The minimum absolute atomic E-state index is 0.278. The maximum atomic E-state index is 5.93. The van der Waals surface area contributed by atoms with E-state index in [1.807, 2.05) is 12.1 Å². The van der Waals surface area contributed by atoms with Gasteiger partial charge in [0.15, 0.2) is 11.5 Å². The van der Waals surface area contributed by atoms with Crippen LogP contribution < -0.4 is 4.74 Å². The zero-order chi connectivity index (χ0) is 21.4. The van der Waals surface area contributed by atoms with E-state index < -0.39 is 0 Å². The highest BCUT2D eigenvalue weighted by Gasteiger charge is 2.19. The van der Waals surface area contributed by atoms with Crippen LogP contribution in [-0.4, -0.2) is 61.9 Å². The van der Waals surface area contributed by atoms with Crippen LogP contribution in [0.4, 0.5) is 0 Å². The van der Waals surface area contributed by atoms with Gasteiger partial charge in [0, 0.05) is 36.9 Å².